The van der Waals surface area contributed by atoms with E-state index >= 15 is 0 Å². The van der Waals surface area contributed by atoms with Crippen molar-refractivity contribution in [1.82, 2.24) is 4.90 Å². The number of amides is 1. The van der Waals surface area contributed by atoms with Crippen LogP contribution in [0.15, 0.2) is 60.7 Å². The highest BCUT2D eigenvalue weighted by Crippen LogP contribution is 2.36. The monoisotopic (exact) mass is 423 g/mol. The van der Waals surface area contributed by atoms with E-state index in [9.17, 15) is 19.8 Å². The van der Waals surface area contributed by atoms with E-state index in [-0.39, 0.29) is 18.4 Å². The number of hydrazine groups is 1. The summed E-state index contributed by atoms with van der Waals surface area (Å²) < 4.78 is 0. The van der Waals surface area contributed by atoms with Gasteiger partial charge < -0.3 is 10.2 Å². The summed E-state index contributed by atoms with van der Waals surface area (Å²) in [6.07, 6.45) is 3.09. The van der Waals surface area contributed by atoms with E-state index in [2.05, 4.69) is 0 Å². The Morgan fingerprint density at radius 2 is 1.77 bits per heavy atom. The van der Waals surface area contributed by atoms with E-state index in [1.807, 2.05) is 49.1 Å². The molecule has 1 aliphatic heterocycles. The average Bonchev–Trinajstić information content (AvgIpc) is 3.25. The molecule has 0 saturated carbocycles. The van der Waals surface area contributed by atoms with Gasteiger partial charge in [0.2, 0.25) is 0 Å². The molecule has 0 aromatic heterocycles. The van der Waals surface area contributed by atoms with Crippen LogP contribution in [0.5, 0.6) is 0 Å². The lowest BCUT2D eigenvalue weighted by atomic mass is 9.88. The van der Waals surface area contributed by atoms with Gasteiger partial charge in [-0.25, -0.2) is 10.9 Å². The van der Waals surface area contributed by atoms with Gasteiger partial charge in [0.1, 0.15) is 0 Å². The zero-order chi connectivity index (χ0) is 22.6. The van der Waals surface area contributed by atoms with E-state index < -0.39 is 17.4 Å². The van der Waals surface area contributed by atoms with Crippen molar-refractivity contribution in [2.75, 3.05) is 24.7 Å². The van der Waals surface area contributed by atoms with Gasteiger partial charge in [-0.2, -0.15) is 0 Å². The molecule has 4 N–H and O–H groups in total. The molecule has 1 amide bonds. The Bertz CT molecular complexity index is 941. The minimum Gasteiger partial charge on any atom is -0.481 e. The molecule has 164 valence electrons. The second kappa shape index (κ2) is 9.43. The second-order valence-electron chi connectivity index (χ2n) is 8.47. The van der Waals surface area contributed by atoms with Gasteiger partial charge in [-0.05, 0) is 43.2 Å². The number of aliphatic carboxylic acids is 1. The van der Waals surface area contributed by atoms with E-state index in [0.29, 0.717) is 18.8 Å². The summed E-state index contributed by atoms with van der Waals surface area (Å²) >= 11 is 0. The van der Waals surface area contributed by atoms with Crippen LogP contribution in [-0.2, 0) is 9.59 Å². The molecule has 7 heteroatoms. The van der Waals surface area contributed by atoms with Crippen LogP contribution in [0.3, 0.4) is 0 Å². The average molecular weight is 424 g/mol. The molecule has 2 atom stereocenters. The lowest BCUT2D eigenvalue weighted by Crippen LogP contribution is -2.45. The van der Waals surface area contributed by atoms with Gasteiger partial charge >= 0.3 is 5.97 Å². The number of carbonyl (C=O) groups excluding carboxylic acids is 1. The van der Waals surface area contributed by atoms with E-state index in [1.165, 1.54) is 6.08 Å². The van der Waals surface area contributed by atoms with E-state index in [1.54, 1.807) is 30.3 Å². The number of aliphatic hydroxyl groups is 1. The molecule has 31 heavy (non-hydrogen) atoms. The number of hydrogen-bond donors (Lipinski definition) is 3. The Morgan fingerprint density at radius 3 is 2.35 bits per heavy atom. The third kappa shape index (κ3) is 5.19. The molecule has 3 rings (SSSR count). The maximum atomic E-state index is 12.3. The predicted molar refractivity (Wildman–Crippen MR) is 120 cm³/mol. The molecule has 0 bridgehead atoms. The van der Waals surface area contributed by atoms with Gasteiger partial charge in [-0.1, -0.05) is 42.5 Å². The first kappa shape index (κ1) is 22.7. The summed E-state index contributed by atoms with van der Waals surface area (Å²) in [6, 6.07) is 16.5. The fourth-order valence-corrected chi connectivity index (χ4v) is 3.80. The molecule has 2 aromatic carbocycles. The van der Waals surface area contributed by atoms with Crippen molar-refractivity contribution in [3.63, 3.8) is 0 Å². The smallest absolute Gasteiger partial charge is 0.308 e. The van der Waals surface area contributed by atoms with Crippen molar-refractivity contribution in [2.45, 2.75) is 25.3 Å². The lowest BCUT2D eigenvalue weighted by molar-refractivity contribution is -0.141. The summed E-state index contributed by atoms with van der Waals surface area (Å²) in [5.41, 5.74) is 1.87. The number of likely N-dealkylation sites (tertiary alicyclic amines) is 1. The zero-order valence-electron chi connectivity index (χ0n) is 17.8. The highest BCUT2D eigenvalue weighted by molar-refractivity contribution is 6.02. The first-order valence-electron chi connectivity index (χ1n) is 10.2. The molecule has 1 saturated heterocycles. The van der Waals surface area contributed by atoms with Crippen LogP contribution < -0.4 is 10.9 Å². The molecular formula is C24H29N3O4. The van der Waals surface area contributed by atoms with E-state index in [4.69, 9.17) is 5.84 Å². The number of para-hydroxylation sites is 1. The van der Waals surface area contributed by atoms with Gasteiger partial charge in [-0.3, -0.25) is 14.5 Å². The molecular weight excluding hydrogens is 394 g/mol. The minimum atomic E-state index is -0.834. The molecule has 7 nitrogen and oxygen atoms in total. The number of nitrogens with zero attached hydrogens (tertiary/aromatic N) is 2. The molecule has 1 heterocycles. The van der Waals surface area contributed by atoms with Crippen molar-refractivity contribution in [2.24, 2.45) is 11.8 Å². The van der Waals surface area contributed by atoms with Crippen LogP contribution in [0, 0.1) is 5.92 Å². The molecule has 1 fully saturated rings. The summed E-state index contributed by atoms with van der Waals surface area (Å²) in [5.74, 6) is 3.98. The standard InChI is InChI=1S/C24H29N3O4/c1-24(2,16-28)26-14-20(21(15-26)23(30)31)18-11-8-17(9-12-18)10-13-22(29)27(25)19-6-4-3-5-7-19/h3-13,20-21,28H,14-16,25H2,1-2H3,(H,30,31)/t20-,21+/m0/s1. The number of aliphatic hydroxyl groups excluding tert-OH is 1. The number of nitrogens with two attached hydrogens (primary N) is 1. The summed E-state index contributed by atoms with van der Waals surface area (Å²) in [7, 11) is 0. The number of hydrogen-bond acceptors (Lipinski definition) is 5. The Hall–Kier alpha value is -3.00. The first-order valence-corrected chi connectivity index (χ1v) is 10.2. The largest absolute Gasteiger partial charge is 0.481 e. The van der Waals surface area contributed by atoms with Gasteiger partial charge in [0.05, 0.1) is 18.2 Å². The number of carboxylic acid groups (broad SMARTS) is 1. The summed E-state index contributed by atoms with van der Waals surface area (Å²) in [6.45, 7) is 4.75. The Kier molecular flexibility index (Phi) is 6.90. The SMILES string of the molecule is CC(C)(CO)N1C[C@@H](C(=O)O)[C@H](c2ccc(C=CC(=O)N(N)c3ccccc3)cc2)C1. The van der Waals surface area contributed by atoms with Gasteiger partial charge in [0.25, 0.3) is 5.91 Å². The number of carbonyl (C=O) groups is 2. The maximum absolute atomic E-state index is 12.3. The Labute approximate surface area is 182 Å². The van der Waals surface area contributed by atoms with E-state index in [0.717, 1.165) is 16.1 Å². The first-order chi connectivity index (χ1) is 14.7. The predicted octanol–water partition coefficient (Wildman–Crippen LogP) is 2.48. The topological polar surface area (TPSA) is 107 Å². The number of carboxylic acids is 1. The second-order valence-corrected chi connectivity index (χ2v) is 8.47. The molecule has 1 aliphatic rings. The summed E-state index contributed by atoms with van der Waals surface area (Å²) in [5, 5.41) is 20.4. The van der Waals surface area contributed by atoms with Gasteiger partial charge in [0.15, 0.2) is 0 Å². The fraction of sp³-hybridized carbons (Fsp3) is 0.333. The van der Waals surface area contributed by atoms with Crippen LogP contribution in [0.2, 0.25) is 0 Å². The van der Waals surface area contributed by atoms with Crippen molar-refractivity contribution in [3.05, 3.63) is 71.8 Å². The minimum absolute atomic E-state index is 0.0367. The Balaban J connectivity index is 1.71. The van der Waals surface area contributed by atoms with Crippen LogP contribution in [-0.4, -0.2) is 52.2 Å². The van der Waals surface area contributed by atoms with Gasteiger partial charge in [0, 0.05) is 30.6 Å². The van der Waals surface area contributed by atoms with Crippen molar-refractivity contribution < 1.29 is 19.8 Å². The lowest BCUT2D eigenvalue weighted by Gasteiger charge is -2.33. The quantitative estimate of drug-likeness (QED) is 0.273. The van der Waals surface area contributed by atoms with Crippen LogP contribution in [0.4, 0.5) is 5.69 Å². The summed E-state index contributed by atoms with van der Waals surface area (Å²) in [4.78, 5) is 26.1. The molecule has 0 radical (unpaired) electrons. The highest BCUT2D eigenvalue weighted by atomic mass is 16.4. The molecule has 0 aliphatic carbocycles. The van der Waals surface area contributed by atoms with Crippen LogP contribution in [0.1, 0.15) is 30.9 Å². The third-order valence-corrected chi connectivity index (χ3v) is 5.93. The normalized spacial score (nSPS) is 19.6. The molecule has 2 aromatic rings. The van der Waals surface area contributed by atoms with Crippen LogP contribution in [0.25, 0.3) is 6.08 Å². The molecule has 0 unspecified atom stereocenters. The van der Waals surface area contributed by atoms with Crippen molar-refractivity contribution in [1.29, 1.82) is 0 Å². The highest BCUT2D eigenvalue weighted by Gasteiger charge is 2.43. The maximum Gasteiger partial charge on any atom is 0.308 e. The zero-order valence-corrected chi connectivity index (χ0v) is 17.8. The van der Waals surface area contributed by atoms with Crippen molar-refractivity contribution in [3.8, 4) is 0 Å². The third-order valence-electron chi connectivity index (χ3n) is 5.93. The Morgan fingerprint density at radius 1 is 1.13 bits per heavy atom. The van der Waals surface area contributed by atoms with Crippen molar-refractivity contribution >= 4 is 23.6 Å². The fourth-order valence-electron chi connectivity index (χ4n) is 3.80. The van der Waals surface area contributed by atoms with Crippen LogP contribution >= 0.6 is 0 Å². The van der Waals surface area contributed by atoms with Gasteiger partial charge in [-0.15, -0.1) is 0 Å². The number of benzene rings is 2. The number of anilines is 1. The number of rotatable bonds is 7. The molecule has 0 spiro atoms.